The van der Waals surface area contributed by atoms with Crippen LogP contribution in [0.5, 0.6) is 5.75 Å². The smallest absolute Gasteiger partial charge is 0.363 e. The Kier molecular flexibility index (Phi) is 5.85. The van der Waals surface area contributed by atoms with Gasteiger partial charge in [-0.2, -0.15) is 0 Å². The van der Waals surface area contributed by atoms with E-state index in [1.54, 1.807) is 11.0 Å². The number of benzene rings is 1. The Bertz CT molecular complexity index is 802. The van der Waals surface area contributed by atoms with Gasteiger partial charge >= 0.3 is 5.82 Å². The summed E-state index contributed by atoms with van der Waals surface area (Å²) in [6, 6.07) is 10.8. The predicted molar refractivity (Wildman–Crippen MR) is 101 cm³/mol. The zero-order valence-electron chi connectivity index (χ0n) is 15.2. The first-order valence-electron chi connectivity index (χ1n) is 8.91. The number of nitrogens with zero attached hydrogens (tertiary/aromatic N) is 4. The highest BCUT2D eigenvalue weighted by Crippen LogP contribution is 2.18. The van der Waals surface area contributed by atoms with Crippen LogP contribution in [-0.4, -0.2) is 53.5 Å². The van der Waals surface area contributed by atoms with Crippen molar-refractivity contribution in [2.75, 3.05) is 37.7 Å². The number of hydrogen-bond donors (Lipinski definition) is 0. The van der Waals surface area contributed by atoms with Crippen LogP contribution in [0.25, 0.3) is 0 Å². The minimum Gasteiger partial charge on any atom is -0.484 e. The zero-order chi connectivity index (χ0) is 19.2. The summed E-state index contributed by atoms with van der Waals surface area (Å²) in [4.78, 5) is 30.2. The topological polar surface area (TPSA) is 88.8 Å². The van der Waals surface area contributed by atoms with E-state index in [2.05, 4.69) is 16.8 Å². The lowest BCUT2D eigenvalue weighted by Crippen LogP contribution is -2.50. The van der Waals surface area contributed by atoms with E-state index in [1.807, 2.05) is 24.3 Å². The van der Waals surface area contributed by atoms with Crippen molar-refractivity contribution in [1.82, 2.24) is 9.88 Å². The van der Waals surface area contributed by atoms with Gasteiger partial charge < -0.3 is 24.7 Å². The highest BCUT2D eigenvalue weighted by molar-refractivity contribution is 5.78. The summed E-state index contributed by atoms with van der Waals surface area (Å²) < 4.78 is 5.63. The molecule has 1 fully saturated rings. The average molecular weight is 370 g/mol. The number of pyridine rings is 1. The third-order valence-corrected chi connectivity index (χ3v) is 4.59. The molecule has 1 aromatic carbocycles. The number of aryl methyl sites for hydroxylation is 1. The van der Waals surface area contributed by atoms with Crippen molar-refractivity contribution < 1.29 is 14.5 Å². The van der Waals surface area contributed by atoms with Crippen LogP contribution in [0.4, 0.5) is 11.5 Å². The first kappa shape index (κ1) is 18.6. The van der Waals surface area contributed by atoms with Crippen LogP contribution in [0.1, 0.15) is 12.5 Å². The number of carbonyl (C=O) groups is 1. The van der Waals surface area contributed by atoms with Gasteiger partial charge in [0.2, 0.25) is 0 Å². The van der Waals surface area contributed by atoms with Crippen molar-refractivity contribution >= 4 is 17.4 Å². The van der Waals surface area contributed by atoms with Gasteiger partial charge in [0.25, 0.3) is 5.91 Å². The van der Waals surface area contributed by atoms with E-state index in [0.29, 0.717) is 31.9 Å². The van der Waals surface area contributed by atoms with Crippen molar-refractivity contribution in [2.24, 2.45) is 0 Å². The Morgan fingerprint density at radius 2 is 2.00 bits per heavy atom. The SMILES string of the molecule is CCc1cccc(OCC(=O)N2CCN(c3ccc([N+](=O)[O-])nc3)CC2)c1. The summed E-state index contributed by atoms with van der Waals surface area (Å²) in [5.41, 5.74) is 1.99. The molecule has 2 heterocycles. The highest BCUT2D eigenvalue weighted by Gasteiger charge is 2.22. The molecule has 1 saturated heterocycles. The fraction of sp³-hybridized carbons (Fsp3) is 0.368. The van der Waals surface area contributed by atoms with Crippen molar-refractivity contribution in [1.29, 1.82) is 0 Å². The summed E-state index contributed by atoms with van der Waals surface area (Å²) in [5, 5.41) is 10.7. The third kappa shape index (κ3) is 4.72. The molecule has 27 heavy (non-hydrogen) atoms. The van der Waals surface area contributed by atoms with Gasteiger partial charge in [0.05, 0.1) is 5.69 Å². The monoisotopic (exact) mass is 370 g/mol. The fourth-order valence-electron chi connectivity index (χ4n) is 2.98. The van der Waals surface area contributed by atoms with Crippen molar-refractivity contribution in [3.63, 3.8) is 0 Å². The van der Waals surface area contributed by atoms with E-state index >= 15 is 0 Å². The number of amides is 1. The molecule has 0 atom stereocenters. The van der Waals surface area contributed by atoms with Crippen LogP contribution in [-0.2, 0) is 11.2 Å². The molecule has 1 aliphatic rings. The molecule has 1 aliphatic heterocycles. The van der Waals surface area contributed by atoms with Gasteiger partial charge in [-0.05, 0) is 40.1 Å². The molecule has 0 radical (unpaired) electrons. The molecular formula is C19H22N4O4. The number of carbonyl (C=O) groups excluding carboxylic acids is 1. The average Bonchev–Trinajstić information content (AvgIpc) is 2.72. The second-order valence-electron chi connectivity index (χ2n) is 6.29. The maximum absolute atomic E-state index is 12.4. The van der Waals surface area contributed by atoms with Crippen molar-refractivity contribution in [3.05, 3.63) is 58.3 Å². The van der Waals surface area contributed by atoms with E-state index in [4.69, 9.17) is 4.74 Å². The molecule has 2 aromatic rings. The second kappa shape index (κ2) is 8.48. The fourth-order valence-corrected chi connectivity index (χ4v) is 2.98. The zero-order valence-corrected chi connectivity index (χ0v) is 15.2. The van der Waals surface area contributed by atoms with Crippen LogP contribution >= 0.6 is 0 Å². The number of aromatic nitrogens is 1. The van der Waals surface area contributed by atoms with Crippen molar-refractivity contribution in [3.8, 4) is 5.75 Å². The molecule has 8 nitrogen and oxygen atoms in total. The van der Waals surface area contributed by atoms with Crippen LogP contribution < -0.4 is 9.64 Å². The van der Waals surface area contributed by atoms with Gasteiger partial charge in [-0.3, -0.25) is 4.79 Å². The van der Waals surface area contributed by atoms with Crippen LogP contribution in [0, 0.1) is 10.1 Å². The number of piperazine rings is 1. The lowest BCUT2D eigenvalue weighted by molar-refractivity contribution is -0.389. The molecule has 3 rings (SSSR count). The van der Waals surface area contributed by atoms with Crippen LogP contribution in [0.2, 0.25) is 0 Å². The lowest BCUT2D eigenvalue weighted by Gasteiger charge is -2.35. The molecule has 1 aromatic heterocycles. The first-order chi connectivity index (χ1) is 13.1. The largest absolute Gasteiger partial charge is 0.484 e. The first-order valence-corrected chi connectivity index (χ1v) is 8.91. The maximum Gasteiger partial charge on any atom is 0.363 e. The summed E-state index contributed by atoms with van der Waals surface area (Å²) in [7, 11) is 0. The van der Waals surface area contributed by atoms with E-state index in [0.717, 1.165) is 12.1 Å². The summed E-state index contributed by atoms with van der Waals surface area (Å²) in [5.74, 6) is 0.494. The molecule has 0 N–H and O–H groups in total. The van der Waals surface area contributed by atoms with E-state index in [1.165, 1.54) is 17.8 Å². The van der Waals surface area contributed by atoms with Gasteiger partial charge in [-0.25, -0.2) is 0 Å². The molecule has 0 spiro atoms. The Balaban J connectivity index is 1.49. The summed E-state index contributed by atoms with van der Waals surface area (Å²) in [6.07, 6.45) is 2.42. The third-order valence-electron chi connectivity index (χ3n) is 4.59. The summed E-state index contributed by atoms with van der Waals surface area (Å²) >= 11 is 0. The Morgan fingerprint density at radius 3 is 2.63 bits per heavy atom. The number of anilines is 1. The predicted octanol–water partition coefficient (Wildman–Crippen LogP) is 2.28. The number of rotatable bonds is 6. The molecule has 0 bridgehead atoms. The number of hydrogen-bond acceptors (Lipinski definition) is 6. The molecule has 142 valence electrons. The molecular weight excluding hydrogens is 348 g/mol. The molecule has 0 aliphatic carbocycles. The van der Waals surface area contributed by atoms with Gasteiger partial charge in [0.1, 0.15) is 5.75 Å². The van der Waals surface area contributed by atoms with Gasteiger partial charge in [-0.1, -0.05) is 19.1 Å². The van der Waals surface area contributed by atoms with Gasteiger partial charge in [0.15, 0.2) is 12.8 Å². The maximum atomic E-state index is 12.4. The highest BCUT2D eigenvalue weighted by atomic mass is 16.6. The molecule has 0 unspecified atom stereocenters. The van der Waals surface area contributed by atoms with E-state index in [-0.39, 0.29) is 18.3 Å². The minimum absolute atomic E-state index is 0.0201. The van der Waals surface area contributed by atoms with Crippen molar-refractivity contribution in [2.45, 2.75) is 13.3 Å². The Hall–Kier alpha value is -3.16. The van der Waals surface area contributed by atoms with Crippen LogP contribution in [0.15, 0.2) is 42.6 Å². The molecule has 0 saturated carbocycles. The van der Waals surface area contributed by atoms with E-state index < -0.39 is 4.92 Å². The standard InChI is InChI=1S/C19H22N4O4/c1-2-15-4-3-5-17(12-15)27-14-19(24)22-10-8-21(9-11-22)16-6-7-18(20-13-16)23(25)26/h3-7,12-13H,2,8-11,14H2,1H3. The Morgan fingerprint density at radius 1 is 1.22 bits per heavy atom. The normalized spacial score (nSPS) is 14.1. The Labute approximate surface area is 157 Å². The second-order valence-corrected chi connectivity index (χ2v) is 6.29. The number of nitro groups is 1. The number of ether oxygens (including phenoxy) is 1. The minimum atomic E-state index is -0.517. The van der Waals surface area contributed by atoms with Gasteiger partial charge in [-0.15, -0.1) is 0 Å². The summed E-state index contributed by atoms with van der Waals surface area (Å²) in [6.45, 7) is 4.55. The van der Waals surface area contributed by atoms with Crippen LogP contribution in [0.3, 0.4) is 0 Å². The lowest BCUT2D eigenvalue weighted by atomic mass is 10.2. The van der Waals surface area contributed by atoms with Gasteiger partial charge in [0, 0.05) is 32.2 Å². The van der Waals surface area contributed by atoms with E-state index in [9.17, 15) is 14.9 Å². The molecule has 1 amide bonds. The molecule has 8 heteroatoms. The quantitative estimate of drug-likeness (QED) is 0.572.